The zero-order chi connectivity index (χ0) is 15.9. The quantitative estimate of drug-likeness (QED) is 0.926. The van der Waals surface area contributed by atoms with Gasteiger partial charge >= 0.3 is 5.97 Å². The maximum Gasteiger partial charge on any atom is 0.335 e. The van der Waals surface area contributed by atoms with Gasteiger partial charge in [-0.25, -0.2) is 9.78 Å². The van der Waals surface area contributed by atoms with Gasteiger partial charge in [0.05, 0.1) is 15.8 Å². The van der Waals surface area contributed by atoms with Crippen LogP contribution in [-0.2, 0) is 9.59 Å². The van der Waals surface area contributed by atoms with Crippen LogP contribution in [0.3, 0.4) is 0 Å². The molecule has 0 radical (unpaired) electrons. The second-order valence-corrected chi connectivity index (χ2v) is 7.41. The van der Waals surface area contributed by atoms with E-state index in [9.17, 15) is 14.4 Å². The number of carboxylic acids is 1. The summed E-state index contributed by atoms with van der Waals surface area (Å²) in [5.74, 6) is -1.05. The molecule has 8 heteroatoms. The van der Waals surface area contributed by atoms with Crippen molar-refractivity contribution in [2.75, 3.05) is 11.4 Å². The molecule has 1 aliphatic rings. The smallest absolute Gasteiger partial charge is 0.335 e. The Balaban J connectivity index is 1.88. The topological polar surface area (TPSA) is 87.6 Å². The van der Waals surface area contributed by atoms with Gasteiger partial charge in [-0.05, 0) is 18.2 Å². The molecule has 3 rings (SSSR count). The van der Waals surface area contributed by atoms with Crippen molar-refractivity contribution in [2.24, 2.45) is 0 Å². The molecule has 1 saturated heterocycles. The highest BCUT2D eigenvalue weighted by atomic mass is 32.2. The number of carbonyl (C=O) groups is 3. The molecule has 2 heterocycles. The molecule has 0 bridgehead atoms. The number of benzene rings is 1. The van der Waals surface area contributed by atoms with Crippen LogP contribution in [0.2, 0.25) is 0 Å². The third-order valence-corrected chi connectivity index (χ3v) is 5.30. The number of anilines is 1. The zero-order valence-corrected chi connectivity index (χ0v) is 13.2. The van der Waals surface area contributed by atoms with Crippen molar-refractivity contribution in [2.45, 2.75) is 18.6 Å². The van der Waals surface area contributed by atoms with E-state index in [4.69, 9.17) is 5.11 Å². The fraction of sp³-hybridized carbons (Fsp3) is 0.286. The van der Waals surface area contributed by atoms with Crippen LogP contribution >= 0.6 is 23.1 Å². The van der Waals surface area contributed by atoms with Crippen LogP contribution in [0.15, 0.2) is 18.2 Å². The van der Waals surface area contributed by atoms with Crippen molar-refractivity contribution in [3.8, 4) is 0 Å². The van der Waals surface area contributed by atoms with Crippen LogP contribution in [-0.4, -0.2) is 38.9 Å². The Kier molecular flexibility index (Phi) is 3.88. The average molecular weight is 336 g/mol. The second-order valence-electron chi connectivity index (χ2n) is 4.92. The Morgan fingerprint density at radius 2 is 2.23 bits per heavy atom. The number of carbonyl (C=O) groups excluding carboxylic acids is 2. The van der Waals surface area contributed by atoms with Crippen molar-refractivity contribution in [3.05, 3.63) is 23.8 Å². The maximum atomic E-state index is 12.1. The summed E-state index contributed by atoms with van der Waals surface area (Å²) in [5, 5.41) is 9.50. The summed E-state index contributed by atoms with van der Waals surface area (Å²) in [6, 6.07) is 4.69. The van der Waals surface area contributed by atoms with E-state index in [0.29, 0.717) is 23.6 Å². The molecule has 114 valence electrons. The third-order valence-electron chi connectivity index (χ3n) is 3.28. The zero-order valence-electron chi connectivity index (χ0n) is 11.6. The van der Waals surface area contributed by atoms with Crippen LogP contribution in [0.25, 0.3) is 10.2 Å². The summed E-state index contributed by atoms with van der Waals surface area (Å²) in [6.45, 7) is 1.94. The molecule has 0 aliphatic carbocycles. The first-order chi connectivity index (χ1) is 10.4. The molecule has 2 aromatic rings. The molecule has 1 atom stereocenters. The van der Waals surface area contributed by atoms with Gasteiger partial charge in [-0.1, -0.05) is 23.1 Å². The molecule has 0 saturated carbocycles. The monoisotopic (exact) mass is 336 g/mol. The maximum absolute atomic E-state index is 12.1. The summed E-state index contributed by atoms with van der Waals surface area (Å²) in [6.07, 6.45) is 0.320. The number of nitrogens with zero attached hydrogens (tertiary/aromatic N) is 2. The third kappa shape index (κ3) is 2.84. The largest absolute Gasteiger partial charge is 0.478 e. The molecular formula is C14H12N2O4S2. The molecule has 1 amide bonds. The number of hydrogen-bond donors (Lipinski definition) is 1. The second kappa shape index (κ2) is 5.69. The molecule has 1 aromatic carbocycles. The predicted molar refractivity (Wildman–Crippen MR) is 85.6 cm³/mol. The molecule has 0 spiro atoms. The van der Waals surface area contributed by atoms with Crippen LogP contribution in [0.1, 0.15) is 23.7 Å². The van der Waals surface area contributed by atoms with Gasteiger partial charge < -0.3 is 5.11 Å². The first-order valence-electron chi connectivity index (χ1n) is 6.55. The summed E-state index contributed by atoms with van der Waals surface area (Å²) < 4.78 is 0.727. The van der Waals surface area contributed by atoms with Crippen molar-refractivity contribution in [1.82, 2.24) is 4.98 Å². The van der Waals surface area contributed by atoms with Crippen molar-refractivity contribution < 1.29 is 19.5 Å². The minimum atomic E-state index is -0.993. The van der Waals surface area contributed by atoms with E-state index in [2.05, 4.69) is 4.98 Å². The van der Waals surface area contributed by atoms with Gasteiger partial charge in [0.1, 0.15) is 0 Å². The predicted octanol–water partition coefficient (Wildman–Crippen LogP) is 2.38. The molecular weight excluding hydrogens is 324 g/mol. The van der Waals surface area contributed by atoms with Gasteiger partial charge in [-0.15, -0.1) is 0 Å². The molecule has 1 N–H and O–H groups in total. The highest BCUT2D eigenvalue weighted by Crippen LogP contribution is 2.34. The van der Waals surface area contributed by atoms with Crippen molar-refractivity contribution >= 4 is 55.4 Å². The number of fused-ring (bicyclic) bond motifs is 1. The number of thioether (sulfide) groups is 1. The van der Waals surface area contributed by atoms with E-state index in [1.54, 1.807) is 17.0 Å². The van der Waals surface area contributed by atoms with Gasteiger partial charge in [0, 0.05) is 25.1 Å². The summed E-state index contributed by atoms with van der Waals surface area (Å²) in [4.78, 5) is 40.2. The van der Waals surface area contributed by atoms with E-state index in [-0.39, 0.29) is 21.8 Å². The first-order valence-corrected chi connectivity index (χ1v) is 8.25. The van der Waals surface area contributed by atoms with E-state index < -0.39 is 5.97 Å². The van der Waals surface area contributed by atoms with Gasteiger partial charge in [-0.2, -0.15) is 0 Å². The highest BCUT2D eigenvalue weighted by molar-refractivity contribution is 8.14. The van der Waals surface area contributed by atoms with E-state index in [1.807, 2.05) is 0 Å². The molecule has 1 fully saturated rings. The first kappa shape index (κ1) is 15.0. The summed E-state index contributed by atoms with van der Waals surface area (Å²) in [5.41, 5.74) is 0.862. The lowest BCUT2D eigenvalue weighted by atomic mass is 10.2. The summed E-state index contributed by atoms with van der Waals surface area (Å²) >= 11 is 2.46. The Morgan fingerprint density at radius 3 is 2.91 bits per heavy atom. The lowest BCUT2D eigenvalue weighted by molar-refractivity contribution is -0.117. The molecule has 1 unspecified atom stereocenters. The molecule has 6 nitrogen and oxygen atoms in total. The van der Waals surface area contributed by atoms with Gasteiger partial charge in [-0.3, -0.25) is 14.5 Å². The molecule has 1 aromatic heterocycles. The number of aromatic nitrogens is 1. The number of thiazole rings is 1. The van der Waals surface area contributed by atoms with Crippen molar-refractivity contribution in [1.29, 1.82) is 0 Å². The number of hydrogen-bond acceptors (Lipinski definition) is 6. The van der Waals surface area contributed by atoms with Crippen LogP contribution in [0, 0.1) is 0 Å². The standard InChI is InChI=1S/C14H12N2O4S2/c1-7(17)21-9-5-12(18)16(6-9)14-15-10-3-2-8(13(19)20)4-11(10)22-14/h2-4,9H,5-6H2,1H3,(H,19,20). The Labute approximate surface area is 134 Å². The minimum absolute atomic E-state index is 0.00458. The lowest BCUT2D eigenvalue weighted by Gasteiger charge is -2.11. The van der Waals surface area contributed by atoms with Gasteiger partial charge in [0.15, 0.2) is 10.2 Å². The van der Waals surface area contributed by atoms with E-state index in [1.165, 1.54) is 36.1 Å². The molecule has 1 aliphatic heterocycles. The van der Waals surface area contributed by atoms with Crippen LogP contribution in [0.4, 0.5) is 5.13 Å². The molecule has 22 heavy (non-hydrogen) atoms. The number of amides is 1. The number of rotatable bonds is 3. The van der Waals surface area contributed by atoms with Crippen LogP contribution < -0.4 is 4.90 Å². The normalized spacial score (nSPS) is 18.1. The fourth-order valence-corrected chi connectivity index (χ4v) is 4.28. The van der Waals surface area contributed by atoms with Crippen molar-refractivity contribution in [3.63, 3.8) is 0 Å². The lowest BCUT2D eigenvalue weighted by Crippen LogP contribution is -2.24. The fourth-order valence-electron chi connectivity index (χ4n) is 2.33. The average Bonchev–Trinajstić information content (AvgIpc) is 3.00. The van der Waals surface area contributed by atoms with Crippen LogP contribution in [0.5, 0.6) is 0 Å². The van der Waals surface area contributed by atoms with E-state index in [0.717, 1.165) is 4.70 Å². The Hall–Kier alpha value is -1.93. The number of carboxylic acid groups (broad SMARTS) is 1. The van der Waals surface area contributed by atoms with Gasteiger partial charge in [0.25, 0.3) is 0 Å². The highest BCUT2D eigenvalue weighted by Gasteiger charge is 2.33. The minimum Gasteiger partial charge on any atom is -0.478 e. The van der Waals surface area contributed by atoms with E-state index >= 15 is 0 Å². The summed E-state index contributed by atoms with van der Waals surface area (Å²) in [7, 11) is 0. The Morgan fingerprint density at radius 1 is 1.45 bits per heavy atom. The van der Waals surface area contributed by atoms with Gasteiger partial charge in [0.2, 0.25) is 5.91 Å². The Bertz CT molecular complexity index is 786. The SMILES string of the molecule is CC(=O)SC1CC(=O)N(c2nc3ccc(C(=O)O)cc3s2)C1. The number of aromatic carboxylic acids is 1.